The number of rotatable bonds is 6. The summed E-state index contributed by atoms with van der Waals surface area (Å²) in [5, 5.41) is 3.10. The van der Waals surface area contributed by atoms with Crippen LogP contribution in [0, 0.1) is 19.8 Å². The van der Waals surface area contributed by atoms with Gasteiger partial charge in [-0.25, -0.2) is 9.97 Å². The molecule has 0 atom stereocenters. The van der Waals surface area contributed by atoms with Gasteiger partial charge in [0.15, 0.2) is 0 Å². The molecule has 1 aromatic carbocycles. The zero-order chi connectivity index (χ0) is 21.7. The maximum absolute atomic E-state index is 12.5. The molecule has 2 aromatic rings. The first-order chi connectivity index (χ1) is 14.3. The van der Waals surface area contributed by atoms with Gasteiger partial charge in [-0.3, -0.25) is 9.59 Å². The van der Waals surface area contributed by atoms with Crippen molar-refractivity contribution in [2.24, 2.45) is 5.92 Å². The number of aromatic nitrogens is 2. The van der Waals surface area contributed by atoms with Crippen molar-refractivity contribution in [2.75, 3.05) is 20.6 Å². The summed E-state index contributed by atoms with van der Waals surface area (Å²) in [7, 11) is 3.50. The first-order valence-corrected chi connectivity index (χ1v) is 10.7. The van der Waals surface area contributed by atoms with Gasteiger partial charge in [0.25, 0.3) is 5.91 Å². The first kappa shape index (κ1) is 21.9. The van der Waals surface area contributed by atoms with Gasteiger partial charge >= 0.3 is 0 Å². The second-order valence-corrected chi connectivity index (χ2v) is 8.60. The molecule has 3 rings (SSSR count). The highest BCUT2D eigenvalue weighted by atomic mass is 16.2. The van der Waals surface area contributed by atoms with E-state index < -0.39 is 0 Å². The number of carbonyl (C=O) groups is 2. The number of hydrogen-bond acceptors (Lipinski definition) is 4. The van der Waals surface area contributed by atoms with Crippen molar-refractivity contribution in [3.05, 3.63) is 58.7 Å². The zero-order valence-corrected chi connectivity index (χ0v) is 18.4. The van der Waals surface area contributed by atoms with Gasteiger partial charge in [0.1, 0.15) is 5.82 Å². The maximum atomic E-state index is 12.5. The number of nitrogens with zero attached hydrogens (tertiary/aromatic N) is 3. The molecule has 2 amide bonds. The van der Waals surface area contributed by atoms with Crippen LogP contribution in [0.25, 0.3) is 0 Å². The molecule has 30 heavy (non-hydrogen) atoms. The maximum Gasteiger partial charge on any atom is 0.256 e. The lowest BCUT2D eigenvalue weighted by Gasteiger charge is -2.29. The Labute approximate surface area is 179 Å². The molecular formula is C24H32N4O2. The van der Waals surface area contributed by atoms with Crippen molar-refractivity contribution in [3.63, 3.8) is 0 Å². The minimum absolute atomic E-state index is 0.0458. The van der Waals surface area contributed by atoms with Gasteiger partial charge in [-0.05, 0) is 51.0 Å². The van der Waals surface area contributed by atoms with Gasteiger partial charge in [-0.1, -0.05) is 29.8 Å². The Balaban J connectivity index is 1.53. The summed E-state index contributed by atoms with van der Waals surface area (Å²) in [5.41, 5.74) is 3.73. The predicted molar refractivity (Wildman–Crippen MR) is 117 cm³/mol. The summed E-state index contributed by atoms with van der Waals surface area (Å²) in [6, 6.07) is 8.09. The van der Waals surface area contributed by atoms with Crippen LogP contribution in [0.15, 0.2) is 30.5 Å². The van der Waals surface area contributed by atoms with Crippen molar-refractivity contribution in [2.45, 2.75) is 51.9 Å². The highest BCUT2D eigenvalue weighted by Gasteiger charge is 2.28. The molecule has 1 aliphatic carbocycles. The molecule has 1 saturated carbocycles. The van der Waals surface area contributed by atoms with Crippen LogP contribution in [0.1, 0.15) is 64.6 Å². The lowest BCUT2D eigenvalue weighted by Crippen LogP contribution is -2.32. The van der Waals surface area contributed by atoms with Crippen molar-refractivity contribution >= 4 is 11.8 Å². The lowest BCUT2D eigenvalue weighted by atomic mass is 9.79. The van der Waals surface area contributed by atoms with E-state index in [1.165, 1.54) is 5.56 Å². The number of nitrogens with one attached hydrogen (secondary N) is 1. The summed E-state index contributed by atoms with van der Waals surface area (Å²) in [5.74, 6) is 1.47. The van der Waals surface area contributed by atoms with Gasteiger partial charge in [-0.2, -0.15) is 0 Å². The van der Waals surface area contributed by atoms with E-state index in [0.717, 1.165) is 36.9 Å². The van der Waals surface area contributed by atoms with Crippen LogP contribution in [0.4, 0.5) is 0 Å². The molecule has 0 unspecified atom stereocenters. The molecule has 0 saturated heterocycles. The Morgan fingerprint density at radius 1 is 1.07 bits per heavy atom. The molecule has 1 fully saturated rings. The van der Waals surface area contributed by atoms with Gasteiger partial charge in [0.2, 0.25) is 5.91 Å². The van der Waals surface area contributed by atoms with Crippen molar-refractivity contribution in [1.82, 2.24) is 20.2 Å². The molecule has 0 spiro atoms. The Morgan fingerprint density at radius 3 is 2.37 bits per heavy atom. The Kier molecular flexibility index (Phi) is 7.19. The van der Waals surface area contributed by atoms with Gasteiger partial charge in [-0.15, -0.1) is 0 Å². The molecule has 6 heteroatoms. The third kappa shape index (κ3) is 5.65. The minimum Gasteiger partial charge on any atom is -0.356 e. The molecule has 160 valence electrons. The van der Waals surface area contributed by atoms with Crippen LogP contribution < -0.4 is 5.32 Å². The summed E-state index contributed by atoms with van der Waals surface area (Å²) in [6.07, 6.45) is 6.08. The van der Waals surface area contributed by atoms with Crippen LogP contribution in [0.2, 0.25) is 0 Å². The van der Waals surface area contributed by atoms with Crippen LogP contribution in [-0.2, 0) is 11.2 Å². The molecule has 0 aliphatic heterocycles. The van der Waals surface area contributed by atoms with E-state index in [9.17, 15) is 9.59 Å². The highest BCUT2D eigenvalue weighted by Crippen LogP contribution is 2.36. The predicted octanol–water partition coefficient (Wildman–Crippen LogP) is 3.43. The lowest BCUT2D eigenvalue weighted by molar-refractivity contribution is -0.120. The van der Waals surface area contributed by atoms with Crippen LogP contribution in [0.5, 0.6) is 0 Å². The number of amides is 2. The number of benzene rings is 1. The summed E-state index contributed by atoms with van der Waals surface area (Å²) >= 11 is 0. The Bertz CT molecular complexity index is 885. The fourth-order valence-electron chi connectivity index (χ4n) is 4.06. The number of carbonyl (C=O) groups excluding carboxylic acids is 2. The van der Waals surface area contributed by atoms with E-state index in [1.807, 2.05) is 38.1 Å². The zero-order valence-electron chi connectivity index (χ0n) is 18.4. The molecular weight excluding hydrogens is 376 g/mol. The van der Waals surface area contributed by atoms with Crippen LogP contribution >= 0.6 is 0 Å². The molecule has 0 bridgehead atoms. The molecule has 0 radical (unpaired) electrons. The largest absolute Gasteiger partial charge is 0.356 e. The van der Waals surface area contributed by atoms with E-state index in [0.29, 0.717) is 30.3 Å². The van der Waals surface area contributed by atoms with E-state index in [1.54, 1.807) is 25.2 Å². The number of aryl methyl sites for hydroxylation is 2. The van der Waals surface area contributed by atoms with Crippen LogP contribution in [0.3, 0.4) is 0 Å². The fraction of sp³-hybridized carbons (Fsp3) is 0.500. The second kappa shape index (κ2) is 9.83. The third-order valence-electron chi connectivity index (χ3n) is 5.88. The summed E-state index contributed by atoms with van der Waals surface area (Å²) in [6.45, 7) is 4.62. The highest BCUT2D eigenvalue weighted by molar-refractivity contribution is 5.94. The average molecular weight is 409 g/mol. The summed E-state index contributed by atoms with van der Waals surface area (Å²) < 4.78 is 0. The summed E-state index contributed by atoms with van der Waals surface area (Å²) in [4.78, 5) is 35.2. The van der Waals surface area contributed by atoms with Gasteiger partial charge in [0, 0.05) is 32.8 Å². The SMILES string of the molecule is Cc1ccc(CC(=O)NCC2CCC(c3nc(C)ncc3C(=O)N(C)C)CC2)cc1. The standard InChI is InChI=1S/C24H32N4O2/c1-16-5-7-18(8-6-16)13-22(29)26-14-19-9-11-20(12-10-19)23-21(24(30)28(3)4)15-25-17(2)27-23/h5-8,15,19-20H,9-14H2,1-4H3,(H,26,29). The molecule has 1 heterocycles. The average Bonchev–Trinajstić information content (AvgIpc) is 2.73. The second-order valence-electron chi connectivity index (χ2n) is 8.60. The Morgan fingerprint density at radius 2 is 1.73 bits per heavy atom. The molecule has 1 aliphatic rings. The molecule has 1 N–H and O–H groups in total. The monoisotopic (exact) mass is 408 g/mol. The topological polar surface area (TPSA) is 75.2 Å². The van der Waals surface area contributed by atoms with Gasteiger partial charge < -0.3 is 10.2 Å². The van der Waals surface area contributed by atoms with E-state index in [4.69, 9.17) is 0 Å². The minimum atomic E-state index is -0.0458. The first-order valence-electron chi connectivity index (χ1n) is 10.7. The van der Waals surface area contributed by atoms with E-state index >= 15 is 0 Å². The smallest absolute Gasteiger partial charge is 0.256 e. The number of hydrogen-bond donors (Lipinski definition) is 1. The van der Waals surface area contributed by atoms with Crippen molar-refractivity contribution in [1.29, 1.82) is 0 Å². The molecule has 1 aromatic heterocycles. The van der Waals surface area contributed by atoms with Gasteiger partial charge in [0.05, 0.1) is 17.7 Å². The normalized spacial score (nSPS) is 18.7. The fourth-order valence-corrected chi connectivity index (χ4v) is 4.06. The van der Waals surface area contributed by atoms with E-state index in [-0.39, 0.29) is 17.7 Å². The van der Waals surface area contributed by atoms with Crippen LogP contribution in [-0.4, -0.2) is 47.3 Å². The van der Waals surface area contributed by atoms with E-state index in [2.05, 4.69) is 15.3 Å². The molecule has 6 nitrogen and oxygen atoms in total. The van der Waals surface area contributed by atoms with Crippen molar-refractivity contribution in [3.8, 4) is 0 Å². The quantitative estimate of drug-likeness (QED) is 0.795. The Hall–Kier alpha value is -2.76. The third-order valence-corrected chi connectivity index (χ3v) is 5.88. The van der Waals surface area contributed by atoms with Crippen molar-refractivity contribution < 1.29 is 9.59 Å².